The summed E-state index contributed by atoms with van der Waals surface area (Å²) in [6.07, 6.45) is 1.54. The lowest BCUT2D eigenvalue weighted by molar-refractivity contribution is 0.102. The highest BCUT2D eigenvalue weighted by Gasteiger charge is 2.16. The Morgan fingerprint density at radius 2 is 2.32 bits per heavy atom. The number of pyridine rings is 1. The molecule has 0 aromatic carbocycles. The molecule has 0 saturated carbocycles. The largest absolute Gasteiger partial charge is 0.478 e. The number of rotatable bonds is 4. The Hall–Kier alpha value is -2.15. The van der Waals surface area contributed by atoms with Crippen LogP contribution in [0.1, 0.15) is 23.0 Å². The lowest BCUT2D eigenvalue weighted by Crippen LogP contribution is -2.14. The van der Waals surface area contributed by atoms with Crippen LogP contribution < -0.4 is 15.8 Å². The normalized spacial score (nSPS) is 10.2. The molecule has 0 spiro atoms. The maximum Gasteiger partial charge on any atom is 0.260 e. The van der Waals surface area contributed by atoms with Crippen LogP contribution in [0.5, 0.6) is 5.88 Å². The van der Waals surface area contributed by atoms with Crippen LogP contribution in [-0.4, -0.2) is 21.9 Å². The summed E-state index contributed by atoms with van der Waals surface area (Å²) >= 11 is 1.11. The van der Waals surface area contributed by atoms with Crippen LogP contribution in [0.25, 0.3) is 0 Å². The van der Waals surface area contributed by atoms with Crippen molar-refractivity contribution in [3.63, 3.8) is 0 Å². The molecule has 6 nitrogen and oxygen atoms in total. The van der Waals surface area contributed by atoms with Gasteiger partial charge in [-0.3, -0.25) is 4.79 Å². The highest BCUT2D eigenvalue weighted by atomic mass is 32.1. The van der Waals surface area contributed by atoms with Gasteiger partial charge in [0.25, 0.3) is 5.91 Å². The van der Waals surface area contributed by atoms with E-state index in [1.165, 1.54) is 6.20 Å². The van der Waals surface area contributed by atoms with Crippen LogP contribution in [0, 0.1) is 6.92 Å². The van der Waals surface area contributed by atoms with Crippen LogP contribution in [0.2, 0.25) is 0 Å². The molecule has 0 bridgehead atoms. The summed E-state index contributed by atoms with van der Waals surface area (Å²) in [6.45, 7) is 4.18. The van der Waals surface area contributed by atoms with Gasteiger partial charge in [0, 0.05) is 6.07 Å². The Morgan fingerprint density at radius 3 is 2.84 bits per heavy atom. The SMILES string of the molecule is CCOc1ccc(NC(=O)c2c(C)nsc2N)cn1. The number of aromatic nitrogens is 2. The second kappa shape index (κ2) is 5.66. The van der Waals surface area contributed by atoms with Gasteiger partial charge in [-0.15, -0.1) is 0 Å². The van der Waals surface area contributed by atoms with E-state index in [0.29, 0.717) is 34.4 Å². The molecule has 2 aromatic rings. The lowest BCUT2D eigenvalue weighted by Gasteiger charge is -2.06. The maximum atomic E-state index is 12.0. The molecule has 100 valence electrons. The smallest absolute Gasteiger partial charge is 0.260 e. The molecular weight excluding hydrogens is 264 g/mol. The van der Waals surface area contributed by atoms with Crippen molar-refractivity contribution in [2.24, 2.45) is 0 Å². The minimum Gasteiger partial charge on any atom is -0.478 e. The number of amides is 1. The third-order valence-corrected chi connectivity index (χ3v) is 3.17. The van der Waals surface area contributed by atoms with Gasteiger partial charge in [0.2, 0.25) is 5.88 Å². The quantitative estimate of drug-likeness (QED) is 0.893. The van der Waals surface area contributed by atoms with Gasteiger partial charge in [-0.25, -0.2) is 4.98 Å². The van der Waals surface area contributed by atoms with Gasteiger partial charge >= 0.3 is 0 Å². The first kappa shape index (κ1) is 13.3. The van der Waals surface area contributed by atoms with Gasteiger partial charge in [0.1, 0.15) is 5.00 Å². The van der Waals surface area contributed by atoms with Crippen molar-refractivity contribution in [3.8, 4) is 5.88 Å². The van der Waals surface area contributed by atoms with Crippen molar-refractivity contribution >= 4 is 28.1 Å². The number of nitrogens with two attached hydrogens (primary N) is 1. The molecule has 7 heteroatoms. The Kier molecular flexibility index (Phi) is 3.96. The molecular formula is C12H14N4O2S. The molecule has 0 aliphatic carbocycles. The van der Waals surface area contributed by atoms with Crippen molar-refractivity contribution in [1.82, 2.24) is 9.36 Å². The molecule has 0 saturated heterocycles. The first-order valence-electron chi connectivity index (χ1n) is 5.73. The van der Waals surface area contributed by atoms with E-state index < -0.39 is 0 Å². The molecule has 0 aliphatic heterocycles. The molecule has 2 heterocycles. The van der Waals surface area contributed by atoms with E-state index in [2.05, 4.69) is 14.7 Å². The Labute approximate surface area is 114 Å². The Morgan fingerprint density at radius 1 is 1.53 bits per heavy atom. The van der Waals surface area contributed by atoms with E-state index in [1.54, 1.807) is 19.1 Å². The van der Waals surface area contributed by atoms with E-state index in [4.69, 9.17) is 10.5 Å². The second-order valence-corrected chi connectivity index (χ2v) is 4.58. The number of ether oxygens (including phenoxy) is 1. The summed E-state index contributed by atoms with van der Waals surface area (Å²) in [7, 11) is 0. The van der Waals surface area contributed by atoms with E-state index in [0.717, 1.165) is 11.5 Å². The number of nitrogens with zero attached hydrogens (tertiary/aromatic N) is 2. The number of carbonyl (C=O) groups is 1. The highest BCUT2D eigenvalue weighted by molar-refractivity contribution is 7.10. The summed E-state index contributed by atoms with van der Waals surface area (Å²) in [5.41, 5.74) is 7.34. The molecule has 0 unspecified atom stereocenters. The number of anilines is 2. The topological polar surface area (TPSA) is 90.1 Å². The van der Waals surface area contributed by atoms with E-state index in [9.17, 15) is 4.79 Å². The average Bonchev–Trinajstić information content (AvgIpc) is 2.72. The molecule has 0 fully saturated rings. The van der Waals surface area contributed by atoms with Gasteiger partial charge in [-0.05, 0) is 31.4 Å². The molecule has 1 amide bonds. The predicted octanol–water partition coefficient (Wildman–Crippen LogP) is 2.08. The van der Waals surface area contributed by atoms with Gasteiger partial charge in [0.15, 0.2) is 0 Å². The fraction of sp³-hybridized carbons (Fsp3) is 0.250. The van der Waals surface area contributed by atoms with Gasteiger partial charge < -0.3 is 15.8 Å². The minimum absolute atomic E-state index is 0.283. The summed E-state index contributed by atoms with van der Waals surface area (Å²) in [5, 5.41) is 3.14. The lowest BCUT2D eigenvalue weighted by atomic mass is 10.2. The average molecular weight is 278 g/mol. The Balaban J connectivity index is 2.11. The van der Waals surface area contributed by atoms with Crippen LogP contribution >= 0.6 is 11.5 Å². The van der Waals surface area contributed by atoms with Crippen LogP contribution in [0.3, 0.4) is 0 Å². The number of nitrogens with one attached hydrogen (secondary N) is 1. The molecule has 2 rings (SSSR count). The van der Waals surface area contributed by atoms with Gasteiger partial charge in [-0.1, -0.05) is 0 Å². The highest BCUT2D eigenvalue weighted by Crippen LogP contribution is 2.22. The second-order valence-electron chi connectivity index (χ2n) is 3.78. The van der Waals surface area contributed by atoms with Crippen molar-refractivity contribution in [2.75, 3.05) is 17.7 Å². The van der Waals surface area contributed by atoms with E-state index in [1.807, 2.05) is 6.92 Å². The summed E-state index contributed by atoms with van der Waals surface area (Å²) < 4.78 is 9.26. The molecule has 0 aliphatic rings. The summed E-state index contributed by atoms with van der Waals surface area (Å²) in [6, 6.07) is 3.42. The number of aryl methyl sites for hydroxylation is 1. The molecule has 0 radical (unpaired) electrons. The third-order valence-electron chi connectivity index (χ3n) is 2.40. The Bertz CT molecular complexity index is 560. The molecule has 3 N–H and O–H groups in total. The number of nitrogen functional groups attached to an aromatic ring is 1. The molecule has 0 atom stereocenters. The predicted molar refractivity (Wildman–Crippen MR) is 74.6 cm³/mol. The van der Waals surface area contributed by atoms with E-state index in [-0.39, 0.29) is 5.91 Å². The monoisotopic (exact) mass is 278 g/mol. The standard InChI is InChI=1S/C12H14N4O2S/c1-3-18-9-5-4-8(6-14-9)15-12(17)10-7(2)16-19-11(10)13/h4-6H,3,13H2,1-2H3,(H,15,17). The number of hydrogen-bond acceptors (Lipinski definition) is 6. The van der Waals surface area contributed by atoms with Crippen molar-refractivity contribution in [1.29, 1.82) is 0 Å². The van der Waals surface area contributed by atoms with Gasteiger partial charge in [-0.2, -0.15) is 4.37 Å². The molecule has 19 heavy (non-hydrogen) atoms. The zero-order valence-electron chi connectivity index (χ0n) is 10.6. The van der Waals surface area contributed by atoms with Crippen LogP contribution in [0.15, 0.2) is 18.3 Å². The molecule has 2 aromatic heterocycles. The number of carbonyl (C=O) groups excluding carboxylic acids is 1. The van der Waals surface area contributed by atoms with Crippen molar-refractivity contribution < 1.29 is 9.53 Å². The van der Waals surface area contributed by atoms with Crippen molar-refractivity contribution in [3.05, 3.63) is 29.6 Å². The zero-order chi connectivity index (χ0) is 13.8. The number of hydrogen-bond donors (Lipinski definition) is 2. The fourth-order valence-electron chi connectivity index (χ4n) is 1.54. The summed E-state index contributed by atoms with van der Waals surface area (Å²) in [5.74, 6) is 0.239. The zero-order valence-corrected chi connectivity index (χ0v) is 11.5. The third kappa shape index (κ3) is 3.00. The van der Waals surface area contributed by atoms with E-state index >= 15 is 0 Å². The summed E-state index contributed by atoms with van der Waals surface area (Å²) in [4.78, 5) is 16.1. The van der Waals surface area contributed by atoms with Gasteiger partial charge in [0.05, 0.1) is 29.7 Å². The van der Waals surface area contributed by atoms with Crippen molar-refractivity contribution in [2.45, 2.75) is 13.8 Å². The first-order chi connectivity index (χ1) is 9.11. The minimum atomic E-state index is -0.283. The maximum absolute atomic E-state index is 12.0. The first-order valence-corrected chi connectivity index (χ1v) is 6.51. The van der Waals surface area contributed by atoms with Crippen LogP contribution in [-0.2, 0) is 0 Å². The van der Waals surface area contributed by atoms with Crippen LogP contribution in [0.4, 0.5) is 10.7 Å². The fourth-order valence-corrected chi connectivity index (χ4v) is 2.20.